The Labute approximate surface area is 558 Å². The van der Waals surface area contributed by atoms with Crippen LogP contribution in [0, 0.1) is 0 Å². The van der Waals surface area contributed by atoms with E-state index in [0.29, 0.717) is 69.2 Å². The quantitative estimate of drug-likeness (QED) is 0.0338. The summed E-state index contributed by atoms with van der Waals surface area (Å²) in [4.78, 5) is 104. The zero-order valence-corrected chi connectivity index (χ0v) is 60.9. The summed E-state index contributed by atoms with van der Waals surface area (Å²) in [5.41, 5.74) is -3.20. The fourth-order valence-electron chi connectivity index (χ4n) is 11.2. The third-order valence-electron chi connectivity index (χ3n) is 16.7. The van der Waals surface area contributed by atoms with Crippen LogP contribution in [0.4, 0.5) is 0 Å². The largest absolute Gasteiger partial charge is 0.388 e. The first-order valence-corrected chi connectivity index (χ1v) is 44.5. The Hall–Kier alpha value is -4.82. The normalized spacial score (nSPS) is 27.5. The van der Waals surface area contributed by atoms with Gasteiger partial charge in [0.2, 0.25) is 0 Å². The Kier molecular flexibility index (Phi) is 29.8. The molecule has 0 spiro atoms. The second-order valence-corrected chi connectivity index (χ2v) is 45.2. The van der Waals surface area contributed by atoms with Gasteiger partial charge in [0.1, 0.15) is 61.0 Å². The number of aliphatic hydroxyl groups is 8. The Morgan fingerprint density at radius 2 is 0.750 bits per heavy atom. The molecule has 4 aliphatic heterocycles. The van der Waals surface area contributed by atoms with Gasteiger partial charge in [0.25, 0.3) is 22.2 Å². The molecule has 28 nitrogen and oxygen atoms in total. The van der Waals surface area contributed by atoms with Crippen LogP contribution in [0.3, 0.4) is 0 Å². The molecule has 16 atom stereocenters. The van der Waals surface area contributed by atoms with Crippen LogP contribution in [-0.4, -0.2) is 255 Å². The van der Waals surface area contributed by atoms with Crippen molar-refractivity contribution in [3.05, 3.63) is 143 Å². The number of rotatable bonds is 24. The van der Waals surface area contributed by atoms with Crippen molar-refractivity contribution in [2.24, 2.45) is 0 Å². The molecule has 0 aliphatic carbocycles. The van der Waals surface area contributed by atoms with Crippen LogP contribution in [0.1, 0.15) is 113 Å². The van der Waals surface area contributed by atoms with Crippen molar-refractivity contribution < 1.29 is 59.8 Å². The van der Waals surface area contributed by atoms with Gasteiger partial charge in [-0.25, -0.2) is 19.2 Å². The molecule has 0 amide bonds. The number of H-pyrrole nitrogens is 4. The third-order valence-corrected chi connectivity index (χ3v) is 22.6. The number of aliphatic hydroxyl groups excluding tert-OH is 8. The molecule has 4 aliphatic rings. The number of aromatic amines is 4. The van der Waals surface area contributed by atoms with E-state index in [1.54, 1.807) is 13.0 Å². The minimum Gasteiger partial charge on any atom is -0.388 e. The van der Waals surface area contributed by atoms with Crippen LogP contribution in [0.25, 0.3) is 0 Å². The lowest BCUT2D eigenvalue weighted by atomic mass is 10.0. The van der Waals surface area contributed by atoms with Crippen LogP contribution in [0.15, 0.2) is 75.8 Å². The van der Waals surface area contributed by atoms with Gasteiger partial charge in [0.05, 0.1) is 35.5 Å². The Bertz CT molecular complexity index is 3850. The van der Waals surface area contributed by atoms with E-state index in [0.717, 1.165) is 42.1 Å². The molecule has 8 heterocycles. The van der Waals surface area contributed by atoms with Gasteiger partial charge < -0.3 is 64.4 Å². The second kappa shape index (κ2) is 35.0. The van der Waals surface area contributed by atoms with Crippen LogP contribution >= 0.6 is 27.5 Å². The standard InChI is InChI=1S/C17H27N2O5P.2C16H27N2O5P.C15H25N2O5P/c1-5-6-8-19-10-11(16(22)18-17(19)23)15-14(21)13(20)12(24-15)7-9-25(2,3)4;1-5-7-18-9-10(15(21)17-16(18)22)14-13(20)12(19)11(23-14)6-8-24(2,3)4;1-5-6-10-9-18(16(22)17-14(10)21)15-13(20)12(19)11(23-15)7-8-24(2,3)4;1-5-9-8-17(15(21)16-13(9)20)14-12(19)11(18)10(22-14)6-7-23(2,3)4/h5,10,12-15,20-21H,1-2,6-9H2,3-4H3,(H,18,22,23);9,11-14,19-20H,2,5-8H2,1,3-4H3,(H,17,21,22);9,11-13,15,19-20H,2,5-8H2,1,3-4H3,(H,17,21,22);8,10-12,14,18-19H,2,5-7H2,1,3-4H3,(H,16,20,21)/t12-,13-,14-,15?;11-,12-,13-,14?;11-,12-,13-,15?;10-,11-,12-,14?/m1111/s1. The molecule has 4 aromatic rings. The maximum Gasteiger partial charge on any atom is 0.330 e. The summed E-state index contributed by atoms with van der Waals surface area (Å²) in [5.74, 6) is 0. The van der Waals surface area contributed by atoms with E-state index in [4.69, 9.17) is 18.9 Å². The van der Waals surface area contributed by atoms with Gasteiger partial charge in [0.15, 0.2) is 12.5 Å². The maximum atomic E-state index is 12.2. The zero-order valence-electron chi connectivity index (χ0n) is 57.3. The molecule has 12 N–H and O–H groups in total. The van der Waals surface area contributed by atoms with E-state index in [-0.39, 0.29) is 11.1 Å². The number of hydrogen-bond donors (Lipinski definition) is 12. The van der Waals surface area contributed by atoms with Crippen LogP contribution in [0.5, 0.6) is 0 Å². The van der Waals surface area contributed by atoms with Crippen LogP contribution < -0.4 is 45.0 Å². The molecule has 32 heteroatoms. The number of allylic oxidation sites excluding steroid dienone is 1. The third kappa shape index (κ3) is 22.6. The molecular formula is C64H106N8O20P4. The monoisotopic (exact) mass is 1430 g/mol. The Morgan fingerprint density at radius 3 is 1.08 bits per heavy atom. The van der Waals surface area contributed by atoms with Crippen molar-refractivity contribution in [1.82, 2.24) is 38.2 Å². The van der Waals surface area contributed by atoms with E-state index in [2.05, 4.69) is 105 Å². The number of nitrogens with one attached hydrogen (secondary N) is 4. The average molecular weight is 1430 g/mol. The predicted octanol–water partition coefficient (Wildman–Crippen LogP) is 0.606. The molecule has 8 rings (SSSR count). The molecule has 4 unspecified atom stereocenters. The van der Waals surface area contributed by atoms with Gasteiger partial charge in [-0.05, 0) is 129 Å². The first kappa shape index (κ1) is 81.9. The Balaban J connectivity index is 0.000000232. The minimum atomic E-state index is -1.29. The van der Waals surface area contributed by atoms with Crippen molar-refractivity contribution in [3.63, 3.8) is 0 Å². The molecule has 0 bridgehead atoms. The number of ether oxygens (including phenoxy) is 4. The summed E-state index contributed by atoms with van der Waals surface area (Å²) in [6.45, 7) is 21.7. The van der Waals surface area contributed by atoms with E-state index >= 15 is 0 Å². The molecule has 0 saturated carbocycles. The van der Waals surface area contributed by atoms with Crippen LogP contribution in [0.2, 0.25) is 0 Å². The lowest BCUT2D eigenvalue weighted by Gasteiger charge is -2.19. The van der Waals surface area contributed by atoms with Gasteiger partial charge in [-0.3, -0.25) is 52.8 Å². The summed E-state index contributed by atoms with van der Waals surface area (Å²) in [6, 6.07) is 0. The highest BCUT2D eigenvalue weighted by Gasteiger charge is 2.48. The van der Waals surface area contributed by atoms with Crippen molar-refractivity contribution in [3.8, 4) is 0 Å². The first-order valence-electron chi connectivity index (χ1n) is 32.3. The fraction of sp³-hybridized carbons (Fsp3) is 0.656. The first-order chi connectivity index (χ1) is 44.5. The number of hydrogen-bond acceptors (Lipinski definition) is 20. The van der Waals surface area contributed by atoms with Gasteiger partial charge >= 0.3 is 22.8 Å². The topological polar surface area (TPSA) is 418 Å². The van der Waals surface area contributed by atoms with E-state index in [1.807, 2.05) is 13.8 Å². The molecule has 96 heavy (non-hydrogen) atoms. The molecular weight excluding hydrogens is 1320 g/mol. The zero-order chi connectivity index (χ0) is 72.3. The summed E-state index contributed by atoms with van der Waals surface area (Å²) < 4.78 is 28.1. The lowest BCUT2D eigenvalue weighted by molar-refractivity contribution is -0.0404. The van der Waals surface area contributed by atoms with Gasteiger partial charge in [-0.15, -0.1) is 59.3 Å². The van der Waals surface area contributed by atoms with E-state index in [9.17, 15) is 79.2 Å². The molecule has 0 aromatic carbocycles. The highest BCUT2D eigenvalue weighted by Crippen LogP contribution is 2.43. The highest BCUT2D eigenvalue weighted by atomic mass is 31.2. The molecule has 4 saturated heterocycles. The number of aryl methyl sites for hydroxylation is 4. The number of nitrogens with zero attached hydrogens (tertiary/aromatic N) is 4. The smallest absolute Gasteiger partial charge is 0.330 e. The molecule has 4 aromatic heterocycles. The van der Waals surface area contributed by atoms with E-state index in [1.165, 1.54) is 38.5 Å². The van der Waals surface area contributed by atoms with Gasteiger partial charge in [-0.1, -0.05) is 33.3 Å². The Morgan fingerprint density at radius 1 is 0.427 bits per heavy atom. The lowest BCUT2D eigenvalue weighted by Crippen LogP contribution is -2.38. The summed E-state index contributed by atoms with van der Waals surface area (Å²) in [6.07, 6.45) is 17.1. The van der Waals surface area contributed by atoms with E-state index < -0.39 is 170 Å². The second-order valence-electron chi connectivity index (χ2n) is 27.9. The highest BCUT2D eigenvalue weighted by molar-refractivity contribution is 7.73. The van der Waals surface area contributed by atoms with Crippen molar-refractivity contribution >= 4 is 52.7 Å². The fourth-order valence-corrected chi connectivity index (χ4v) is 15.0. The summed E-state index contributed by atoms with van der Waals surface area (Å²) in [5, 5.41) is 82.1. The van der Waals surface area contributed by atoms with Crippen molar-refractivity contribution in [2.75, 3.05) is 78.0 Å². The molecule has 4 fully saturated rings. The number of aromatic nitrogens is 8. The van der Waals surface area contributed by atoms with Crippen LogP contribution in [-0.2, 0) is 44.9 Å². The molecule has 0 radical (unpaired) electrons. The summed E-state index contributed by atoms with van der Waals surface area (Å²) >= 11 is 0. The van der Waals surface area contributed by atoms with Crippen molar-refractivity contribution in [1.29, 1.82) is 0 Å². The van der Waals surface area contributed by atoms with Gasteiger partial charge in [-0.2, -0.15) is 0 Å². The molecule has 542 valence electrons. The van der Waals surface area contributed by atoms with Gasteiger partial charge in [0, 0.05) is 49.0 Å². The minimum absolute atomic E-state index is 0.140. The predicted molar refractivity (Wildman–Crippen MR) is 386 cm³/mol. The SMILES string of the molecule is C=CCCn1cc(C2O[C@H](CCP(=C)(C)C)[C@@H](O)[C@H]2O)c(=O)[nH]c1=O.C=P(C)(C)CC[C@H]1OC(c2cn(CCC)c(=O)[nH]c2=O)[C@H](O)[C@@H]1O.C=P(C)(C)CC[C@H]1OC(n2cc(CC)c(=O)[nH]c2=O)[C@H](O)[C@@H]1O.C=P(C)(C)CC[C@H]1OC(n2cc(CCC)c(=O)[nH]c2=O)[C@H](O)[C@@H]1O. The van der Waals surface area contributed by atoms with Crippen molar-refractivity contribution in [2.45, 2.75) is 190 Å². The summed E-state index contributed by atoms with van der Waals surface area (Å²) in [7, 11) is 0. The maximum absolute atomic E-state index is 12.2. The average Bonchev–Trinajstić information content (AvgIpc) is 1.62.